The van der Waals surface area contributed by atoms with Gasteiger partial charge in [0, 0.05) is 6.42 Å². The van der Waals surface area contributed by atoms with Crippen molar-refractivity contribution < 1.29 is 9.50 Å². The average Bonchev–Trinajstić information content (AvgIpc) is 2.49. The Morgan fingerprint density at radius 1 is 0.905 bits per heavy atom. The lowest BCUT2D eigenvalue weighted by Crippen LogP contribution is -2.25. The van der Waals surface area contributed by atoms with Gasteiger partial charge in [-0.25, -0.2) is 4.39 Å². The van der Waals surface area contributed by atoms with E-state index in [4.69, 9.17) is 0 Å². The molecule has 3 aromatic carbocycles. The van der Waals surface area contributed by atoms with Crippen LogP contribution in [0.5, 0.6) is 0 Å². The third-order valence-corrected chi connectivity index (χ3v) is 3.86. The standard InChI is InChI=1S/C19H17FO/c1-19(21,13-15-8-3-5-12-18(15)20)17-11-6-9-14-7-2-4-10-16(14)17/h2-12,21H,13H2,1H3. The highest BCUT2D eigenvalue weighted by Gasteiger charge is 2.26. The zero-order valence-electron chi connectivity index (χ0n) is 11.9. The molecule has 0 saturated heterocycles. The molecule has 3 rings (SSSR count). The lowest BCUT2D eigenvalue weighted by molar-refractivity contribution is 0.0582. The van der Waals surface area contributed by atoms with Gasteiger partial charge in [0.05, 0.1) is 5.60 Å². The fraction of sp³-hybridized carbons (Fsp3) is 0.158. The topological polar surface area (TPSA) is 20.2 Å². The molecule has 2 heteroatoms. The fourth-order valence-corrected chi connectivity index (χ4v) is 2.80. The zero-order valence-corrected chi connectivity index (χ0v) is 11.9. The third kappa shape index (κ3) is 2.67. The summed E-state index contributed by atoms with van der Waals surface area (Å²) in [5.74, 6) is -0.280. The minimum Gasteiger partial charge on any atom is -0.385 e. The second kappa shape index (κ2) is 5.30. The first-order valence-corrected chi connectivity index (χ1v) is 7.02. The second-order valence-electron chi connectivity index (χ2n) is 5.57. The van der Waals surface area contributed by atoms with Gasteiger partial charge in [-0.05, 0) is 34.9 Å². The Balaban J connectivity index is 2.06. The van der Waals surface area contributed by atoms with Gasteiger partial charge in [0.2, 0.25) is 0 Å². The van der Waals surface area contributed by atoms with E-state index in [-0.39, 0.29) is 12.2 Å². The van der Waals surface area contributed by atoms with E-state index in [0.717, 1.165) is 16.3 Å². The molecule has 0 radical (unpaired) electrons. The Kier molecular flexibility index (Phi) is 3.48. The maximum atomic E-state index is 13.8. The summed E-state index contributed by atoms with van der Waals surface area (Å²) in [7, 11) is 0. The highest BCUT2D eigenvalue weighted by molar-refractivity contribution is 5.86. The van der Waals surface area contributed by atoms with Gasteiger partial charge in [0.1, 0.15) is 5.82 Å². The molecule has 106 valence electrons. The zero-order chi connectivity index (χ0) is 14.9. The smallest absolute Gasteiger partial charge is 0.126 e. The lowest BCUT2D eigenvalue weighted by atomic mass is 9.86. The highest BCUT2D eigenvalue weighted by atomic mass is 19.1. The molecule has 1 unspecified atom stereocenters. The quantitative estimate of drug-likeness (QED) is 0.752. The molecule has 3 aromatic rings. The van der Waals surface area contributed by atoms with E-state index in [1.807, 2.05) is 42.5 Å². The molecule has 1 N–H and O–H groups in total. The van der Waals surface area contributed by atoms with Crippen LogP contribution >= 0.6 is 0 Å². The van der Waals surface area contributed by atoms with Gasteiger partial charge in [-0.1, -0.05) is 60.7 Å². The molecule has 0 aliphatic heterocycles. The first kappa shape index (κ1) is 13.8. The molecule has 0 saturated carbocycles. The summed E-state index contributed by atoms with van der Waals surface area (Å²) < 4.78 is 13.8. The van der Waals surface area contributed by atoms with Crippen molar-refractivity contribution >= 4 is 10.8 Å². The first-order valence-electron chi connectivity index (χ1n) is 7.02. The fourth-order valence-electron chi connectivity index (χ4n) is 2.80. The normalized spacial score (nSPS) is 14.0. The van der Waals surface area contributed by atoms with Crippen molar-refractivity contribution in [1.29, 1.82) is 0 Å². The molecule has 0 bridgehead atoms. The van der Waals surface area contributed by atoms with Crippen molar-refractivity contribution in [3.8, 4) is 0 Å². The average molecular weight is 280 g/mol. The second-order valence-corrected chi connectivity index (χ2v) is 5.57. The van der Waals surface area contributed by atoms with Crippen molar-refractivity contribution in [3.05, 3.63) is 83.7 Å². The van der Waals surface area contributed by atoms with Crippen LogP contribution in [-0.4, -0.2) is 5.11 Å². The summed E-state index contributed by atoms with van der Waals surface area (Å²) in [4.78, 5) is 0. The number of benzene rings is 3. The molecule has 0 heterocycles. The van der Waals surface area contributed by atoms with Crippen LogP contribution in [0.4, 0.5) is 4.39 Å². The van der Waals surface area contributed by atoms with E-state index in [9.17, 15) is 9.50 Å². The molecule has 1 atom stereocenters. The lowest BCUT2D eigenvalue weighted by Gasteiger charge is -2.26. The van der Waals surface area contributed by atoms with Crippen LogP contribution in [0.1, 0.15) is 18.1 Å². The van der Waals surface area contributed by atoms with Crippen molar-refractivity contribution in [2.45, 2.75) is 18.9 Å². The van der Waals surface area contributed by atoms with E-state index in [1.54, 1.807) is 25.1 Å². The van der Waals surface area contributed by atoms with Crippen LogP contribution in [0.2, 0.25) is 0 Å². The molecule has 0 aliphatic carbocycles. The SMILES string of the molecule is CC(O)(Cc1ccccc1F)c1cccc2ccccc12. The molecule has 21 heavy (non-hydrogen) atoms. The number of rotatable bonds is 3. The molecule has 0 spiro atoms. The van der Waals surface area contributed by atoms with E-state index in [1.165, 1.54) is 6.07 Å². The van der Waals surface area contributed by atoms with Crippen molar-refractivity contribution in [2.75, 3.05) is 0 Å². The number of fused-ring (bicyclic) bond motifs is 1. The van der Waals surface area contributed by atoms with Crippen molar-refractivity contribution in [2.24, 2.45) is 0 Å². The Morgan fingerprint density at radius 3 is 2.38 bits per heavy atom. The van der Waals surface area contributed by atoms with Crippen molar-refractivity contribution in [3.63, 3.8) is 0 Å². The van der Waals surface area contributed by atoms with Gasteiger partial charge in [0.25, 0.3) is 0 Å². The molecule has 0 aliphatic rings. The van der Waals surface area contributed by atoms with Gasteiger partial charge < -0.3 is 5.11 Å². The van der Waals surface area contributed by atoms with Gasteiger partial charge in [0.15, 0.2) is 0 Å². The van der Waals surface area contributed by atoms with Gasteiger partial charge in [-0.15, -0.1) is 0 Å². The number of halogens is 1. The van der Waals surface area contributed by atoms with Crippen LogP contribution in [-0.2, 0) is 12.0 Å². The van der Waals surface area contributed by atoms with Crippen LogP contribution in [0, 0.1) is 5.82 Å². The Bertz CT molecular complexity index is 772. The van der Waals surface area contributed by atoms with Gasteiger partial charge >= 0.3 is 0 Å². The maximum absolute atomic E-state index is 13.8. The van der Waals surface area contributed by atoms with Crippen LogP contribution < -0.4 is 0 Å². The molecule has 0 aromatic heterocycles. The van der Waals surface area contributed by atoms with Crippen LogP contribution in [0.25, 0.3) is 10.8 Å². The van der Waals surface area contributed by atoms with E-state index in [0.29, 0.717) is 5.56 Å². The monoisotopic (exact) mass is 280 g/mol. The Hall–Kier alpha value is -2.19. The van der Waals surface area contributed by atoms with Crippen LogP contribution in [0.3, 0.4) is 0 Å². The van der Waals surface area contributed by atoms with Gasteiger partial charge in [-0.3, -0.25) is 0 Å². The predicted octanol–water partition coefficient (Wildman–Crippen LogP) is 4.43. The molecular weight excluding hydrogens is 263 g/mol. The third-order valence-electron chi connectivity index (χ3n) is 3.86. The first-order chi connectivity index (χ1) is 10.1. The predicted molar refractivity (Wildman–Crippen MR) is 83.6 cm³/mol. The van der Waals surface area contributed by atoms with Crippen LogP contribution in [0.15, 0.2) is 66.7 Å². The number of hydrogen-bond acceptors (Lipinski definition) is 1. The van der Waals surface area contributed by atoms with Crippen molar-refractivity contribution in [1.82, 2.24) is 0 Å². The Morgan fingerprint density at radius 2 is 1.57 bits per heavy atom. The highest BCUT2D eigenvalue weighted by Crippen LogP contribution is 2.31. The summed E-state index contributed by atoms with van der Waals surface area (Å²) in [6.07, 6.45) is 0.244. The van der Waals surface area contributed by atoms with E-state index >= 15 is 0 Å². The molecule has 0 amide bonds. The number of aliphatic hydroxyl groups is 1. The molecule has 1 nitrogen and oxygen atoms in total. The largest absolute Gasteiger partial charge is 0.385 e. The van der Waals surface area contributed by atoms with E-state index in [2.05, 4.69) is 0 Å². The Labute approximate surface area is 123 Å². The molecular formula is C19H17FO. The minimum atomic E-state index is -1.12. The number of hydrogen-bond donors (Lipinski definition) is 1. The summed E-state index contributed by atoms with van der Waals surface area (Å²) in [5.41, 5.74) is 0.225. The minimum absolute atomic E-state index is 0.244. The van der Waals surface area contributed by atoms with E-state index < -0.39 is 5.60 Å². The maximum Gasteiger partial charge on any atom is 0.126 e. The van der Waals surface area contributed by atoms with Gasteiger partial charge in [-0.2, -0.15) is 0 Å². The summed E-state index contributed by atoms with van der Waals surface area (Å²) in [6, 6.07) is 20.3. The summed E-state index contributed by atoms with van der Waals surface area (Å²) >= 11 is 0. The molecule has 0 fully saturated rings. The summed E-state index contributed by atoms with van der Waals surface area (Å²) in [6.45, 7) is 1.74. The summed E-state index contributed by atoms with van der Waals surface area (Å²) in [5, 5.41) is 13.0.